The summed E-state index contributed by atoms with van der Waals surface area (Å²) in [5, 5.41) is 18.4. The Morgan fingerprint density at radius 3 is 3.00 bits per heavy atom. The molecule has 0 N–H and O–H groups in total. The smallest absolute Gasteiger partial charge is 0.257 e. The van der Waals surface area contributed by atoms with Crippen molar-refractivity contribution >= 4 is 21.5 Å². The second kappa shape index (κ2) is 6.18. The molecule has 0 saturated carbocycles. The molecule has 0 fully saturated rings. The van der Waals surface area contributed by atoms with Crippen LogP contribution in [0.3, 0.4) is 0 Å². The Kier molecular flexibility index (Phi) is 4.82. The van der Waals surface area contributed by atoms with E-state index in [4.69, 9.17) is 0 Å². The number of aromatic nitrogens is 1. The average molecular weight is 228 g/mol. The topological polar surface area (TPSA) is 80.8 Å². The SMILES string of the molecule is CCCCCN=Nc1ncc([N+](=O)[O-])s1. The van der Waals surface area contributed by atoms with E-state index >= 15 is 0 Å². The van der Waals surface area contributed by atoms with Crippen LogP contribution < -0.4 is 0 Å². The molecule has 0 aliphatic rings. The van der Waals surface area contributed by atoms with Crippen LogP contribution in [-0.2, 0) is 0 Å². The Morgan fingerprint density at radius 2 is 2.40 bits per heavy atom. The van der Waals surface area contributed by atoms with E-state index in [1.807, 2.05) is 0 Å². The van der Waals surface area contributed by atoms with Gasteiger partial charge in [-0.15, -0.1) is 5.11 Å². The van der Waals surface area contributed by atoms with Gasteiger partial charge in [-0.3, -0.25) is 10.1 Å². The van der Waals surface area contributed by atoms with E-state index in [2.05, 4.69) is 22.1 Å². The summed E-state index contributed by atoms with van der Waals surface area (Å²) in [5.41, 5.74) is 0. The van der Waals surface area contributed by atoms with Gasteiger partial charge in [0.15, 0.2) is 0 Å². The third-order valence-electron chi connectivity index (χ3n) is 1.68. The van der Waals surface area contributed by atoms with Crippen molar-refractivity contribution in [1.82, 2.24) is 4.98 Å². The summed E-state index contributed by atoms with van der Waals surface area (Å²) in [6.07, 6.45) is 4.45. The van der Waals surface area contributed by atoms with Gasteiger partial charge < -0.3 is 0 Å². The van der Waals surface area contributed by atoms with Crippen molar-refractivity contribution < 1.29 is 4.92 Å². The second-order valence-electron chi connectivity index (χ2n) is 2.91. The molecule has 7 heteroatoms. The van der Waals surface area contributed by atoms with E-state index in [0.717, 1.165) is 30.6 Å². The summed E-state index contributed by atoms with van der Waals surface area (Å²) in [5.74, 6) is 0. The van der Waals surface area contributed by atoms with Crippen LogP contribution in [0, 0.1) is 10.1 Å². The molecule has 1 rings (SSSR count). The minimum absolute atomic E-state index is 0.00231. The van der Waals surface area contributed by atoms with Crippen LogP contribution >= 0.6 is 11.3 Å². The van der Waals surface area contributed by atoms with E-state index in [1.165, 1.54) is 6.20 Å². The summed E-state index contributed by atoms with van der Waals surface area (Å²) in [4.78, 5) is 13.6. The molecule has 1 aromatic heterocycles. The lowest BCUT2D eigenvalue weighted by atomic mass is 10.3. The summed E-state index contributed by atoms with van der Waals surface area (Å²) in [6.45, 7) is 2.77. The molecule has 0 aliphatic heterocycles. The first kappa shape index (κ1) is 11.7. The van der Waals surface area contributed by atoms with Gasteiger partial charge in [0, 0.05) is 0 Å². The molecule has 1 heterocycles. The second-order valence-corrected chi connectivity index (χ2v) is 3.90. The summed E-state index contributed by atoms with van der Waals surface area (Å²) in [6, 6.07) is 0. The predicted molar refractivity (Wildman–Crippen MR) is 57.7 cm³/mol. The minimum Gasteiger partial charge on any atom is -0.257 e. The molecule has 0 atom stereocenters. The van der Waals surface area contributed by atoms with Crippen LogP contribution in [0.4, 0.5) is 10.1 Å². The fourth-order valence-corrected chi connectivity index (χ4v) is 1.50. The van der Waals surface area contributed by atoms with E-state index in [-0.39, 0.29) is 5.00 Å². The van der Waals surface area contributed by atoms with Crippen LogP contribution in [0.2, 0.25) is 0 Å². The standard InChI is InChI=1S/C8H12N4O2S/c1-2-3-4-5-10-11-8-9-6-7(15-8)12(13)14/h6H,2-5H2,1H3. The highest BCUT2D eigenvalue weighted by atomic mass is 32.1. The lowest BCUT2D eigenvalue weighted by Crippen LogP contribution is -1.80. The number of thiazole rings is 1. The van der Waals surface area contributed by atoms with Crippen molar-refractivity contribution in [3.05, 3.63) is 16.3 Å². The molecule has 6 nitrogen and oxygen atoms in total. The minimum atomic E-state index is -0.478. The lowest BCUT2D eigenvalue weighted by molar-refractivity contribution is -0.380. The quantitative estimate of drug-likeness (QED) is 0.324. The Hall–Kier alpha value is -1.37. The van der Waals surface area contributed by atoms with Gasteiger partial charge >= 0.3 is 5.00 Å². The maximum atomic E-state index is 10.3. The fourth-order valence-electron chi connectivity index (χ4n) is 0.930. The van der Waals surface area contributed by atoms with Gasteiger partial charge in [0.05, 0.1) is 11.5 Å². The predicted octanol–water partition coefficient (Wildman–Crippen LogP) is 3.33. The third-order valence-corrected chi connectivity index (χ3v) is 2.51. The highest BCUT2D eigenvalue weighted by Crippen LogP contribution is 2.27. The number of hydrogen-bond donors (Lipinski definition) is 0. The molecule has 15 heavy (non-hydrogen) atoms. The largest absolute Gasteiger partial charge is 0.345 e. The van der Waals surface area contributed by atoms with Gasteiger partial charge in [-0.1, -0.05) is 19.8 Å². The molecule has 0 saturated heterocycles. The normalized spacial score (nSPS) is 11.0. The van der Waals surface area contributed by atoms with Crippen LogP contribution in [0.15, 0.2) is 16.4 Å². The van der Waals surface area contributed by atoms with Gasteiger partial charge in [0.25, 0.3) is 0 Å². The first-order chi connectivity index (χ1) is 7.24. The van der Waals surface area contributed by atoms with E-state index in [9.17, 15) is 10.1 Å². The van der Waals surface area contributed by atoms with Crippen LogP contribution in [-0.4, -0.2) is 16.5 Å². The molecular formula is C8H12N4O2S. The summed E-state index contributed by atoms with van der Waals surface area (Å²) < 4.78 is 0. The number of nitro groups is 1. The lowest BCUT2D eigenvalue weighted by Gasteiger charge is -1.89. The molecule has 0 amide bonds. The van der Waals surface area contributed by atoms with Crippen molar-refractivity contribution in [2.24, 2.45) is 10.2 Å². The Balaban J connectivity index is 2.39. The van der Waals surface area contributed by atoms with E-state index in [1.54, 1.807) is 0 Å². The van der Waals surface area contributed by atoms with Crippen LogP contribution in [0.25, 0.3) is 0 Å². The zero-order valence-corrected chi connectivity index (χ0v) is 9.24. The molecule has 0 spiro atoms. The molecule has 1 aromatic rings. The number of unbranched alkanes of at least 4 members (excludes halogenated alkanes) is 2. The van der Waals surface area contributed by atoms with E-state index < -0.39 is 4.92 Å². The van der Waals surface area contributed by atoms with Gasteiger partial charge in [-0.2, -0.15) is 5.11 Å². The van der Waals surface area contributed by atoms with Crippen molar-refractivity contribution in [3.8, 4) is 0 Å². The van der Waals surface area contributed by atoms with Gasteiger partial charge in [0.2, 0.25) is 5.13 Å². The maximum absolute atomic E-state index is 10.3. The first-order valence-electron chi connectivity index (χ1n) is 4.71. The van der Waals surface area contributed by atoms with E-state index in [0.29, 0.717) is 11.7 Å². The highest BCUT2D eigenvalue weighted by Gasteiger charge is 2.10. The molecular weight excluding hydrogens is 216 g/mol. The summed E-state index contributed by atoms with van der Waals surface area (Å²) in [7, 11) is 0. The Labute approximate surface area is 91.2 Å². The Morgan fingerprint density at radius 1 is 1.60 bits per heavy atom. The Bertz CT molecular complexity index is 350. The molecule has 82 valence electrons. The summed E-state index contributed by atoms with van der Waals surface area (Å²) >= 11 is 0.934. The fraction of sp³-hybridized carbons (Fsp3) is 0.625. The monoisotopic (exact) mass is 228 g/mol. The average Bonchev–Trinajstić information content (AvgIpc) is 2.66. The highest BCUT2D eigenvalue weighted by molar-refractivity contribution is 7.18. The number of azo groups is 1. The molecule has 0 radical (unpaired) electrons. The number of rotatable bonds is 6. The van der Waals surface area contributed by atoms with Gasteiger partial charge in [-0.25, -0.2) is 4.98 Å². The van der Waals surface area contributed by atoms with Gasteiger partial charge in [0.1, 0.15) is 6.20 Å². The maximum Gasteiger partial charge on any atom is 0.345 e. The van der Waals surface area contributed by atoms with Gasteiger partial charge in [-0.05, 0) is 17.8 Å². The van der Waals surface area contributed by atoms with Crippen molar-refractivity contribution in [1.29, 1.82) is 0 Å². The zero-order valence-electron chi connectivity index (χ0n) is 8.42. The molecule has 0 bridgehead atoms. The third kappa shape index (κ3) is 4.11. The van der Waals surface area contributed by atoms with Crippen LogP contribution in [0.5, 0.6) is 0 Å². The van der Waals surface area contributed by atoms with Crippen molar-refractivity contribution in [3.63, 3.8) is 0 Å². The molecule has 0 aliphatic carbocycles. The van der Waals surface area contributed by atoms with Crippen LogP contribution in [0.1, 0.15) is 26.2 Å². The first-order valence-corrected chi connectivity index (χ1v) is 5.53. The number of nitrogens with zero attached hydrogens (tertiary/aromatic N) is 4. The number of hydrogen-bond acceptors (Lipinski definition) is 6. The van der Waals surface area contributed by atoms with Crippen molar-refractivity contribution in [2.45, 2.75) is 26.2 Å². The zero-order chi connectivity index (χ0) is 11.1. The van der Waals surface area contributed by atoms with Crippen molar-refractivity contribution in [2.75, 3.05) is 6.54 Å². The molecule has 0 unspecified atom stereocenters. The molecule has 0 aromatic carbocycles.